The van der Waals surface area contributed by atoms with Gasteiger partial charge < -0.3 is 10.6 Å². The largest absolute Gasteiger partial charge is 0.369 e. The fourth-order valence-corrected chi connectivity index (χ4v) is 2.90. The summed E-state index contributed by atoms with van der Waals surface area (Å²) >= 11 is 2.27. The monoisotopic (exact) mass is 401 g/mol. The van der Waals surface area contributed by atoms with E-state index in [9.17, 15) is 0 Å². The molecule has 2 N–H and O–H groups in total. The number of rotatable bonds is 2. The van der Waals surface area contributed by atoms with E-state index < -0.39 is 0 Å². The summed E-state index contributed by atoms with van der Waals surface area (Å²) in [6.07, 6.45) is 0. The first-order chi connectivity index (χ1) is 10.6. The molecule has 0 unspecified atom stereocenters. The molecule has 3 nitrogen and oxygen atoms in total. The van der Waals surface area contributed by atoms with Gasteiger partial charge in [0.2, 0.25) is 5.96 Å². The van der Waals surface area contributed by atoms with Gasteiger partial charge in [0.25, 0.3) is 0 Å². The molecule has 0 amide bonds. The minimum atomic E-state index is 0.471. The Morgan fingerprint density at radius 3 is 2.55 bits per heavy atom. The molecule has 3 rings (SSSR count). The van der Waals surface area contributed by atoms with Crippen LogP contribution in [0.15, 0.2) is 71.7 Å². The molecule has 0 atom stereocenters. The summed E-state index contributed by atoms with van der Waals surface area (Å²) in [6, 6.07) is 22.4. The van der Waals surface area contributed by atoms with Crippen molar-refractivity contribution >= 4 is 50.7 Å². The zero-order chi connectivity index (χ0) is 15.5. The van der Waals surface area contributed by atoms with Crippen LogP contribution in [0.2, 0.25) is 0 Å². The molecule has 22 heavy (non-hydrogen) atoms. The highest BCUT2D eigenvalue weighted by molar-refractivity contribution is 14.1. The number of nitrogens with two attached hydrogens (primary N) is 1. The maximum absolute atomic E-state index is 6.20. The van der Waals surface area contributed by atoms with Gasteiger partial charge in [-0.1, -0.05) is 42.5 Å². The van der Waals surface area contributed by atoms with Crippen molar-refractivity contribution < 1.29 is 0 Å². The van der Waals surface area contributed by atoms with Crippen LogP contribution in [0.25, 0.3) is 10.8 Å². The molecule has 0 heterocycles. The number of fused-ring (bicyclic) bond motifs is 1. The first kappa shape index (κ1) is 14.8. The van der Waals surface area contributed by atoms with Crippen molar-refractivity contribution in [1.29, 1.82) is 0 Å². The number of halogens is 1. The van der Waals surface area contributed by atoms with Crippen LogP contribution in [-0.2, 0) is 0 Å². The minimum Gasteiger partial charge on any atom is -0.369 e. The summed E-state index contributed by atoms with van der Waals surface area (Å²) in [6.45, 7) is 0. The van der Waals surface area contributed by atoms with E-state index in [1.54, 1.807) is 0 Å². The van der Waals surface area contributed by atoms with Crippen LogP contribution in [0.4, 0.5) is 11.4 Å². The zero-order valence-electron chi connectivity index (χ0n) is 12.2. The molecule has 4 heteroatoms. The van der Waals surface area contributed by atoms with Gasteiger partial charge in [-0.25, -0.2) is 4.99 Å². The number of hydrogen-bond donors (Lipinski definition) is 1. The Balaban J connectivity index is 2.00. The van der Waals surface area contributed by atoms with Crippen LogP contribution in [-0.4, -0.2) is 13.0 Å². The smallest absolute Gasteiger partial charge is 0.200 e. The summed E-state index contributed by atoms with van der Waals surface area (Å²) in [5, 5.41) is 2.35. The molecule has 3 aromatic rings. The van der Waals surface area contributed by atoms with E-state index in [1.165, 1.54) is 5.39 Å². The lowest BCUT2D eigenvalue weighted by Crippen LogP contribution is -2.33. The highest BCUT2D eigenvalue weighted by Gasteiger charge is 2.09. The second kappa shape index (κ2) is 6.36. The lowest BCUT2D eigenvalue weighted by molar-refractivity contribution is 1.23. The second-order valence-corrected chi connectivity index (χ2v) is 6.25. The normalized spacial score (nSPS) is 11.6. The third kappa shape index (κ3) is 3.06. The fourth-order valence-electron chi connectivity index (χ4n) is 2.38. The van der Waals surface area contributed by atoms with Crippen molar-refractivity contribution in [3.63, 3.8) is 0 Å². The van der Waals surface area contributed by atoms with E-state index >= 15 is 0 Å². The Morgan fingerprint density at radius 1 is 1.00 bits per heavy atom. The topological polar surface area (TPSA) is 41.6 Å². The molecule has 0 aromatic heterocycles. The van der Waals surface area contributed by atoms with Crippen LogP contribution in [0.5, 0.6) is 0 Å². The number of hydrogen-bond acceptors (Lipinski definition) is 1. The van der Waals surface area contributed by atoms with E-state index in [4.69, 9.17) is 5.73 Å². The quantitative estimate of drug-likeness (QED) is 0.390. The molecule has 0 aliphatic rings. The highest BCUT2D eigenvalue weighted by Crippen LogP contribution is 2.26. The molecular formula is C18H16IN3. The van der Waals surface area contributed by atoms with E-state index in [1.807, 2.05) is 54.4 Å². The van der Waals surface area contributed by atoms with Gasteiger partial charge in [-0.2, -0.15) is 0 Å². The molecule has 0 aliphatic heterocycles. The maximum Gasteiger partial charge on any atom is 0.200 e. The van der Waals surface area contributed by atoms with E-state index in [2.05, 4.69) is 51.8 Å². The average Bonchev–Trinajstić information content (AvgIpc) is 2.53. The summed E-state index contributed by atoms with van der Waals surface area (Å²) in [4.78, 5) is 6.44. The van der Waals surface area contributed by atoms with Crippen molar-refractivity contribution in [2.24, 2.45) is 10.7 Å². The Kier molecular flexibility index (Phi) is 4.29. The Morgan fingerprint density at radius 2 is 1.73 bits per heavy atom. The lowest BCUT2D eigenvalue weighted by atomic mass is 10.1. The lowest BCUT2D eigenvalue weighted by Gasteiger charge is -2.20. The van der Waals surface area contributed by atoms with E-state index in [-0.39, 0.29) is 0 Å². The third-order valence-electron chi connectivity index (χ3n) is 3.52. The zero-order valence-corrected chi connectivity index (χ0v) is 14.4. The first-order valence-electron chi connectivity index (χ1n) is 6.96. The van der Waals surface area contributed by atoms with Gasteiger partial charge in [0.15, 0.2) is 0 Å². The van der Waals surface area contributed by atoms with Crippen LogP contribution in [0.3, 0.4) is 0 Å². The number of benzene rings is 3. The Labute approximate surface area is 143 Å². The molecular weight excluding hydrogens is 385 g/mol. The molecule has 0 aliphatic carbocycles. The van der Waals surface area contributed by atoms with Crippen LogP contribution in [0, 0.1) is 3.57 Å². The Bertz CT molecular complexity index is 837. The van der Waals surface area contributed by atoms with Crippen molar-refractivity contribution in [1.82, 2.24) is 0 Å². The number of aliphatic imine (C=N–C) groups is 1. The van der Waals surface area contributed by atoms with Gasteiger partial charge in [-0.15, -0.1) is 0 Å². The van der Waals surface area contributed by atoms with Gasteiger partial charge in [0.05, 0.1) is 11.4 Å². The van der Waals surface area contributed by atoms with Crippen molar-refractivity contribution in [3.8, 4) is 0 Å². The second-order valence-electron chi connectivity index (χ2n) is 5.01. The first-order valence-corrected chi connectivity index (χ1v) is 8.04. The number of guanidine groups is 1. The highest BCUT2D eigenvalue weighted by atomic mass is 127. The van der Waals surface area contributed by atoms with Crippen molar-refractivity contribution in [3.05, 3.63) is 70.3 Å². The molecule has 0 saturated heterocycles. The third-order valence-corrected chi connectivity index (χ3v) is 4.19. The average molecular weight is 401 g/mol. The summed E-state index contributed by atoms with van der Waals surface area (Å²) in [5.41, 5.74) is 8.10. The van der Waals surface area contributed by atoms with Gasteiger partial charge in [-0.3, -0.25) is 0 Å². The van der Waals surface area contributed by atoms with Gasteiger partial charge in [0, 0.05) is 16.0 Å². The van der Waals surface area contributed by atoms with Gasteiger partial charge >= 0.3 is 0 Å². The Hall–Kier alpha value is -2.08. The van der Waals surface area contributed by atoms with Gasteiger partial charge in [0.1, 0.15) is 0 Å². The molecule has 0 radical (unpaired) electrons. The molecule has 0 saturated carbocycles. The van der Waals surface area contributed by atoms with Crippen molar-refractivity contribution in [2.45, 2.75) is 0 Å². The summed E-state index contributed by atoms with van der Waals surface area (Å²) < 4.78 is 1.14. The predicted octanol–water partition coefficient (Wildman–Crippen LogP) is 4.53. The van der Waals surface area contributed by atoms with Gasteiger partial charge in [-0.05, 0) is 52.2 Å². The summed E-state index contributed by atoms with van der Waals surface area (Å²) in [5.74, 6) is 0.471. The van der Waals surface area contributed by atoms with Crippen LogP contribution < -0.4 is 10.6 Å². The maximum atomic E-state index is 6.20. The molecule has 110 valence electrons. The fraction of sp³-hybridized carbons (Fsp3) is 0.0556. The van der Waals surface area contributed by atoms with Crippen LogP contribution >= 0.6 is 22.6 Å². The molecule has 3 aromatic carbocycles. The molecule has 0 fully saturated rings. The number of nitrogens with zero attached hydrogens (tertiary/aromatic N) is 2. The number of anilines is 1. The minimum absolute atomic E-state index is 0.471. The predicted molar refractivity (Wildman–Crippen MR) is 103 cm³/mol. The molecule has 0 bridgehead atoms. The summed E-state index contributed by atoms with van der Waals surface area (Å²) in [7, 11) is 1.94. The molecule has 0 spiro atoms. The van der Waals surface area contributed by atoms with E-state index in [0.717, 1.165) is 20.3 Å². The van der Waals surface area contributed by atoms with Crippen LogP contribution in [0.1, 0.15) is 0 Å². The van der Waals surface area contributed by atoms with Crippen molar-refractivity contribution in [2.75, 3.05) is 11.9 Å². The standard InChI is InChI=1S/C18H16IN3/c1-22(18(20)21-15-9-5-8-14(19)12-15)17-11-4-7-13-6-2-3-10-16(13)17/h2-12H,1H3,(H2,20,21). The SMILES string of the molecule is CN(C(N)=Nc1cccc(I)c1)c1cccc2ccccc12. The van der Waals surface area contributed by atoms with E-state index in [0.29, 0.717) is 5.96 Å².